The first kappa shape index (κ1) is 22.4. The van der Waals surface area contributed by atoms with Gasteiger partial charge in [0.05, 0.1) is 12.0 Å². The van der Waals surface area contributed by atoms with Crippen molar-refractivity contribution in [3.05, 3.63) is 151 Å². The van der Waals surface area contributed by atoms with Crippen molar-refractivity contribution in [1.82, 2.24) is 0 Å². The molecular weight excluding hydrogens is 510 g/mol. The molecule has 2 unspecified atom stereocenters. The maximum absolute atomic E-state index is 6.61. The summed E-state index contributed by atoms with van der Waals surface area (Å²) in [5.74, 6) is 2.10. The van der Waals surface area contributed by atoms with Gasteiger partial charge in [-0.2, -0.15) is 0 Å². The molecule has 6 aromatic carbocycles. The van der Waals surface area contributed by atoms with Crippen LogP contribution in [-0.4, -0.2) is 6.04 Å². The normalized spacial score (nSPS) is 18.2. The van der Waals surface area contributed by atoms with Crippen molar-refractivity contribution >= 4 is 22.1 Å². The predicted octanol–water partition coefficient (Wildman–Crippen LogP) is 10.3. The number of hydrogen-bond acceptors (Lipinski definition) is 2. The van der Waals surface area contributed by atoms with Crippen molar-refractivity contribution in [2.75, 3.05) is 4.90 Å². The molecule has 2 heterocycles. The Hall–Kier alpha value is -5.34. The first-order chi connectivity index (χ1) is 20.8. The topological polar surface area (TPSA) is 12.5 Å². The Morgan fingerprint density at radius 1 is 0.571 bits per heavy atom. The zero-order chi connectivity index (χ0) is 27.4. The number of ether oxygens (including phenoxy) is 1. The van der Waals surface area contributed by atoms with Gasteiger partial charge in [-0.15, -0.1) is 0 Å². The van der Waals surface area contributed by atoms with E-state index < -0.39 is 0 Å². The summed E-state index contributed by atoms with van der Waals surface area (Å²) in [6.45, 7) is 0. The third-order valence-electron chi connectivity index (χ3n) is 9.56. The van der Waals surface area contributed by atoms with Gasteiger partial charge in [-0.1, -0.05) is 109 Å². The Labute approximate surface area is 244 Å². The van der Waals surface area contributed by atoms with Crippen LogP contribution in [0.4, 0.5) is 11.4 Å². The van der Waals surface area contributed by atoms with E-state index in [4.69, 9.17) is 4.74 Å². The van der Waals surface area contributed by atoms with E-state index in [0.717, 1.165) is 17.1 Å². The molecule has 2 aliphatic carbocycles. The van der Waals surface area contributed by atoms with Crippen LogP contribution in [0.25, 0.3) is 55.3 Å². The summed E-state index contributed by atoms with van der Waals surface area (Å²) in [6, 6.07) is 44.6. The Morgan fingerprint density at radius 3 is 2.19 bits per heavy atom. The van der Waals surface area contributed by atoms with Gasteiger partial charge in [-0.25, -0.2) is 0 Å². The molecule has 196 valence electrons. The fourth-order valence-corrected chi connectivity index (χ4v) is 7.88. The molecule has 2 atom stereocenters. The second-order valence-corrected chi connectivity index (χ2v) is 11.6. The van der Waals surface area contributed by atoms with Gasteiger partial charge in [0.2, 0.25) is 0 Å². The average Bonchev–Trinajstić information content (AvgIpc) is 3.51. The SMILES string of the molecule is C1=CC2C3C(=C1)Oc1ccccc1-c1cccc(c13)N2c1cccc(-c2ccc3c4c(cccc24)-c2ccccc2-3)c1. The van der Waals surface area contributed by atoms with Crippen molar-refractivity contribution in [3.63, 3.8) is 0 Å². The number of rotatable bonds is 2. The number of para-hydroxylation sites is 1. The third-order valence-corrected chi connectivity index (χ3v) is 9.56. The van der Waals surface area contributed by atoms with Crippen LogP contribution in [0, 0.1) is 0 Å². The second kappa shape index (κ2) is 8.11. The van der Waals surface area contributed by atoms with Crippen LogP contribution in [0.5, 0.6) is 5.75 Å². The highest BCUT2D eigenvalue weighted by molar-refractivity contribution is 6.18. The molecule has 2 nitrogen and oxygen atoms in total. The maximum Gasteiger partial charge on any atom is 0.134 e. The molecule has 42 heavy (non-hydrogen) atoms. The lowest BCUT2D eigenvalue weighted by molar-refractivity contribution is 0.381. The molecular formula is C40H25NO. The van der Waals surface area contributed by atoms with Crippen LogP contribution >= 0.6 is 0 Å². The van der Waals surface area contributed by atoms with Gasteiger partial charge < -0.3 is 9.64 Å². The first-order valence-electron chi connectivity index (χ1n) is 14.7. The van der Waals surface area contributed by atoms with E-state index in [9.17, 15) is 0 Å². The van der Waals surface area contributed by atoms with Crippen LogP contribution < -0.4 is 9.64 Å². The van der Waals surface area contributed by atoms with Crippen molar-refractivity contribution in [2.45, 2.75) is 12.0 Å². The maximum atomic E-state index is 6.61. The van der Waals surface area contributed by atoms with E-state index >= 15 is 0 Å². The number of nitrogens with zero attached hydrogens (tertiary/aromatic N) is 1. The molecule has 0 fully saturated rings. The smallest absolute Gasteiger partial charge is 0.134 e. The zero-order valence-corrected chi connectivity index (χ0v) is 22.8. The van der Waals surface area contributed by atoms with Gasteiger partial charge in [0.1, 0.15) is 11.5 Å². The summed E-state index contributed by atoms with van der Waals surface area (Å²) in [4.78, 5) is 2.52. The highest BCUT2D eigenvalue weighted by Crippen LogP contribution is 2.57. The fraction of sp³-hybridized carbons (Fsp3) is 0.0500. The van der Waals surface area contributed by atoms with Gasteiger partial charge in [-0.3, -0.25) is 0 Å². The highest BCUT2D eigenvalue weighted by atomic mass is 16.5. The average molecular weight is 536 g/mol. The monoisotopic (exact) mass is 535 g/mol. The van der Waals surface area contributed by atoms with Gasteiger partial charge >= 0.3 is 0 Å². The van der Waals surface area contributed by atoms with E-state index in [-0.39, 0.29) is 12.0 Å². The highest BCUT2D eigenvalue weighted by Gasteiger charge is 2.45. The molecule has 0 N–H and O–H groups in total. The van der Waals surface area contributed by atoms with Crippen LogP contribution in [0.3, 0.4) is 0 Å². The molecule has 0 saturated heterocycles. The van der Waals surface area contributed by atoms with Crippen molar-refractivity contribution in [3.8, 4) is 50.3 Å². The Balaban J connectivity index is 1.16. The number of fused-ring (bicyclic) bond motifs is 5. The second-order valence-electron chi connectivity index (χ2n) is 11.6. The zero-order valence-electron chi connectivity index (χ0n) is 22.8. The molecule has 10 rings (SSSR count). The fourth-order valence-electron chi connectivity index (χ4n) is 7.88. The largest absolute Gasteiger partial charge is 0.460 e. The molecule has 0 saturated carbocycles. The van der Waals surface area contributed by atoms with Crippen LogP contribution in [0.2, 0.25) is 0 Å². The summed E-state index contributed by atoms with van der Waals surface area (Å²) >= 11 is 0. The number of allylic oxidation sites excluding steroid dienone is 2. The Kier molecular flexibility index (Phi) is 4.32. The Bertz CT molecular complexity index is 2170. The van der Waals surface area contributed by atoms with E-state index in [1.807, 2.05) is 0 Å². The molecule has 0 radical (unpaired) electrons. The Morgan fingerprint density at radius 2 is 1.29 bits per heavy atom. The number of anilines is 2. The number of hydrogen-bond donors (Lipinski definition) is 0. The van der Waals surface area contributed by atoms with E-state index in [0.29, 0.717) is 0 Å². The standard InChI is InChI=1S/C40H25NO/c1-2-12-28-27(11-1)31-15-6-14-30-26(21-22-33(28)38(30)31)24-9-5-10-25(23-24)41-34-17-7-16-32-29-13-3-4-19-36(29)42-37-20-8-18-35(41)40(37)39(32)34/h1-23,35,40H. The van der Waals surface area contributed by atoms with Gasteiger partial charge in [-0.05, 0) is 85.6 Å². The summed E-state index contributed by atoms with van der Waals surface area (Å²) in [7, 11) is 0. The van der Waals surface area contributed by atoms with Gasteiger partial charge in [0.25, 0.3) is 0 Å². The van der Waals surface area contributed by atoms with Crippen LogP contribution in [-0.2, 0) is 0 Å². The summed E-state index contributed by atoms with van der Waals surface area (Å²) in [6.07, 6.45) is 6.64. The van der Waals surface area contributed by atoms with E-state index in [1.54, 1.807) is 0 Å². The third kappa shape index (κ3) is 2.84. The molecule has 0 spiro atoms. The van der Waals surface area contributed by atoms with Crippen LogP contribution in [0.15, 0.2) is 145 Å². The minimum absolute atomic E-state index is 0.146. The van der Waals surface area contributed by atoms with Gasteiger partial charge in [0, 0.05) is 16.9 Å². The molecule has 0 amide bonds. The van der Waals surface area contributed by atoms with E-state index in [1.165, 1.54) is 66.7 Å². The lowest BCUT2D eigenvalue weighted by Crippen LogP contribution is -2.31. The van der Waals surface area contributed by atoms with Crippen LogP contribution in [0.1, 0.15) is 11.5 Å². The number of benzene rings is 6. The predicted molar refractivity (Wildman–Crippen MR) is 172 cm³/mol. The van der Waals surface area contributed by atoms with Crippen molar-refractivity contribution in [1.29, 1.82) is 0 Å². The lowest BCUT2D eigenvalue weighted by atomic mass is 9.86. The minimum atomic E-state index is 0.146. The van der Waals surface area contributed by atoms with Crippen molar-refractivity contribution in [2.24, 2.45) is 0 Å². The molecule has 6 aromatic rings. The molecule has 0 aromatic heterocycles. The quantitative estimate of drug-likeness (QED) is 0.218. The molecule has 0 bridgehead atoms. The van der Waals surface area contributed by atoms with E-state index in [2.05, 4.69) is 144 Å². The molecule has 4 aliphatic rings. The lowest BCUT2D eigenvalue weighted by Gasteiger charge is -2.31. The summed E-state index contributed by atoms with van der Waals surface area (Å²) in [5.41, 5.74) is 14.1. The first-order valence-corrected chi connectivity index (χ1v) is 14.7. The molecule has 2 heteroatoms. The van der Waals surface area contributed by atoms with Crippen molar-refractivity contribution < 1.29 is 4.74 Å². The summed E-state index contributed by atoms with van der Waals surface area (Å²) < 4.78 is 6.61. The summed E-state index contributed by atoms with van der Waals surface area (Å²) in [5, 5.41) is 2.67. The molecule has 2 aliphatic heterocycles. The van der Waals surface area contributed by atoms with Gasteiger partial charge in [0.15, 0.2) is 0 Å². The minimum Gasteiger partial charge on any atom is -0.460 e.